The van der Waals surface area contributed by atoms with Crippen LogP contribution in [-0.2, 0) is 13.1 Å². The van der Waals surface area contributed by atoms with Crippen molar-refractivity contribution in [3.8, 4) is 0 Å². The summed E-state index contributed by atoms with van der Waals surface area (Å²) >= 11 is 0. The number of amides is 1. The number of hydrogen-bond acceptors (Lipinski definition) is 5. The summed E-state index contributed by atoms with van der Waals surface area (Å²) in [5, 5.41) is 19.1. The summed E-state index contributed by atoms with van der Waals surface area (Å²) in [5.41, 5.74) is 1.07. The van der Waals surface area contributed by atoms with E-state index in [1.54, 1.807) is 17.1 Å². The number of hydrogen-bond donors (Lipinski definition) is 2. The van der Waals surface area contributed by atoms with Gasteiger partial charge in [0.15, 0.2) is 5.69 Å². The summed E-state index contributed by atoms with van der Waals surface area (Å²) in [5.74, 6) is -0.274. The Morgan fingerprint density at radius 1 is 1.35 bits per heavy atom. The lowest BCUT2D eigenvalue weighted by Crippen LogP contribution is -2.23. The zero-order valence-electron chi connectivity index (χ0n) is 11.1. The van der Waals surface area contributed by atoms with Gasteiger partial charge in [0, 0.05) is 19.3 Å². The van der Waals surface area contributed by atoms with Gasteiger partial charge in [-0.05, 0) is 25.0 Å². The first kappa shape index (κ1) is 14.1. The van der Waals surface area contributed by atoms with Crippen LogP contribution in [0.1, 0.15) is 29.0 Å². The van der Waals surface area contributed by atoms with Crippen LogP contribution in [0.25, 0.3) is 0 Å². The van der Waals surface area contributed by atoms with Crippen molar-refractivity contribution in [1.82, 2.24) is 25.3 Å². The fourth-order valence-electron chi connectivity index (χ4n) is 1.66. The standard InChI is InChI=1S/C13H17N5O2/c19-8-4-3-7-18-10-12(16-17-18)13(20)15-9-11-5-1-2-6-14-11/h1-2,5-6,10,19H,3-4,7-9H2,(H,15,20). The summed E-state index contributed by atoms with van der Waals surface area (Å²) in [6.45, 7) is 1.16. The van der Waals surface area contributed by atoms with Crippen LogP contribution in [0.2, 0.25) is 0 Å². The summed E-state index contributed by atoms with van der Waals surface area (Å²) < 4.78 is 1.60. The second-order valence-electron chi connectivity index (χ2n) is 4.30. The fourth-order valence-corrected chi connectivity index (χ4v) is 1.66. The molecule has 2 N–H and O–H groups in total. The van der Waals surface area contributed by atoms with E-state index in [4.69, 9.17) is 5.11 Å². The number of carbonyl (C=O) groups excluding carboxylic acids is 1. The topological polar surface area (TPSA) is 92.9 Å². The third-order valence-corrected chi connectivity index (χ3v) is 2.72. The van der Waals surface area contributed by atoms with Crippen LogP contribution in [0.3, 0.4) is 0 Å². The van der Waals surface area contributed by atoms with Gasteiger partial charge in [-0.2, -0.15) is 0 Å². The van der Waals surface area contributed by atoms with Crippen LogP contribution in [0.15, 0.2) is 30.6 Å². The number of pyridine rings is 1. The van der Waals surface area contributed by atoms with Gasteiger partial charge in [0.1, 0.15) is 0 Å². The minimum atomic E-state index is -0.274. The van der Waals surface area contributed by atoms with Gasteiger partial charge in [0.2, 0.25) is 0 Å². The van der Waals surface area contributed by atoms with Crippen LogP contribution in [0.5, 0.6) is 0 Å². The smallest absolute Gasteiger partial charge is 0.273 e. The first-order chi connectivity index (χ1) is 9.79. The molecule has 0 fully saturated rings. The molecule has 0 saturated carbocycles. The molecule has 1 amide bonds. The van der Waals surface area contributed by atoms with Gasteiger partial charge in [-0.1, -0.05) is 11.3 Å². The van der Waals surface area contributed by atoms with Gasteiger partial charge in [-0.25, -0.2) is 0 Å². The second kappa shape index (κ2) is 7.34. The molecule has 2 heterocycles. The average molecular weight is 275 g/mol. The van der Waals surface area contributed by atoms with Crippen molar-refractivity contribution in [3.05, 3.63) is 42.0 Å². The summed E-state index contributed by atoms with van der Waals surface area (Å²) in [6.07, 6.45) is 4.79. The maximum absolute atomic E-state index is 11.9. The van der Waals surface area contributed by atoms with Crippen molar-refractivity contribution in [1.29, 1.82) is 0 Å². The minimum Gasteiger partial charge on any atom is -0.396 e. The molecule has 0 atom stereocenters. The summed E-state index contributed by atoms with van der Waals surface area (Å²) in [7, 11) is 0. The van der Waals surface area contributed by atoms with Crippen LogP contribution >= 0.6 is 0 Å². The molecule has 7 heteroatoms. The van der Waals surface area contributed by atoms with E-state index in [9.17, 15) is 4.79 Å². The van der Waals surface area contributed by atoms with Gasteiger partial charge >= 0.3 is 0 Å². The number of unbranched alkanes of at least 4 members (excludes halogenated alkanes) is 1. The van der Waals surface area contributed by atoms with Crippen LogP contribution in [0.4, 0.5) is 0 Å². The Morgan fingerprint density at radius 2 is 2.25 bits per heavy atom. The average Bonchev–Trinajstić information content (AvgIpc) is 2.95. The Morgan fingerprint density at radius 3 is 3.00 bits per heavy atom. The van der Waals surface area contributed by atoms with Crippen LogP contribution in [0, 0.1) is 0 Å². The minimum absolute atomic E-state index is 0.159. The molecule has 0 unspecified atom stereocenters. The maximum atomic E-state index is 11.9. The molecule has 20 heavy (non-hydrogen) atoms. The Labute approximate surface area is 116 Å². The predicted molar refractivity (Wildman–Crippen MR) is 71.7 cm³/mol. The number of nitrogens with zero attached hydrogens (tertiary/aromatic N) is 4. The van der Waals surface area contributed by atoms with E-state index < -0.39 is 0 Å². The molecule has 106 valence electrons. The third-order valence-electron chi connectivity index (χ3n) is 2.72. The van der Waals surface area contributed by atoms with E-state index in [1.807, 2.05) is 18.2 Å². The van der Waals surface area contributed by atoms with Crippen molar-refractivity contribution in [2.24, 2.45) is 0 Å². The third kappa shape index (κ3) is 4.13. The van der Waals surface area contributed by atoms with E-state index in [0.717, 1.165) is 12.1 Å². The molecule has 0 saturated heterocycles. The number of rotatable bonds is 7. The Hall–Kier alpha value is -2.28. The molecule has 2 aromatic rings. The molecular formula is C13H17N5O2. The lowest BCUT2D eigenvalue weighted by Gasteiger charge is -2.01. The van der Waals surface area contributed by atoms with Gasteiger partial charge in [-0.3, -0.25) is 14.5 Å². The quantitative estimate of drug-likeness (QED) is 0.712. The molecule has 0 aromatic carbocycles. The molecule has 0 aliphatic heterocycles. The molecule has 0 aliphatic carbocycles. The SMILES string of the molecule is O=C(NCc1ccccn1)c1cn(CCCCO)nn1. The van der Waals surface area contributed by atoms with Gasteiger partial charge in [0.05, 0.1) is 18.4 Å². The zero-order valence-corrected chi connectivity index (χ0v) is 11.1. The number of aromatic nitrogens is 4. The number of nitrogens with one attached hydrogen (secondary N) is 1. The highest BCUT2D eigenvalue weighted by atomic mass is 16.2. The molecule has 0 aliphatic rings. The van der Waals surface area contributed by atoms with Crippen molar-refractivity contribution >= 4 is 5.91 Å². The Bertz CT molecular complexity index is 541. The number of aliphatic hydroxyl groups excluding tert-OH is 1. The van der Waals surface area contributed by atoms with Crippen molar-refractivity contribution in [2.75, 3.05) is 6.61 Å². The molecule has 7 nitrogen and oxygen atoms in total. The summed E-state index contributed by atoms with van der Waals surface area (Å²) in [6, 6.07) is 5.53. The highest BCUT2D eigenvalue weighted by Crippen LogP contribution is 1.98. The van der Waals surface area contributed by atoms with Gasteiger partial charge < -0.3 is 10.4 Å². The second-order valence-corrected chi connectivity index (χ2v) is 4.30. The summed E-state index contributed by atoms with van der Waals surface area (Å²) in [4.78, 5) is 16.0. The molecule has 0 spiro atoms. The molecule has 2 rings (SSSR count). The Kier molecular flexibility index (Phi) is 5.19. The fraction of sp³-hybridized carbons (Fsp3) is 0.385. The van der Waals surface area contributed by atoms with Crippen molar-refractivity contribution in [3.63, 3.8) is 0 Å². The van der Waals surface area contributed by atoms with Crippen LogP contribution < -0.4 is 5.32 Å². The lowest BCUT2D eigenvalue weighted by atomic mass is 10.3. The van der Waals surface area contributed by atoms with Gasteiger partial charge in [0.25, 0.3) is 5.91 Å². The first-order valence-electron chi connectivity index (χ1n) is 6.48. The molecular weight excluding hydrogens is 258 g/mol. The normalized spacial score (nSPS) is 10.4. The highest BCUT2D eigenvalue weighted by molar-refractivity contribution is 5.91. The number of carbonyl (C=O) groups is 1. The molecule has 0 bridgehead atoms. The molecule has 2 aromatic heterocycles. The zero-order chi connectivity index (χ0) is 14.2. The molecule has 0 radical (unpaired) electrons. The highest BCUT2D eigenvalue weighted by Gasteiger charge is 2.10. The van der Waals surface area contributed by atoms with E-state index >= 15 is 0 Å². The van der Waals surface area contributed by atoms with E-state index in [2.05, 4.69) is 20.6 Å². The van der Waals surface area contributed by atoms with Gasteiger partial charge in [-0.15, -0.1) is 5.10 Å². The largest absolute Gasteiger partial charge is 0.396 e. The van der Waals surface area contributed by atoms with Crippen molar-refractivity contribution in [2.45, 2.75) is 25.9 Å². The predicted octanol–water partition coefficient (Wildman–Crippen LogP) is 0.376. The van der Waals surface area contributed by atoms with Crippen molar-refractivity contribution < 1.29 is 9.90 Å². The monoisotopic (exact) mass is 275 g/mol. The lowest BCUT2D eigenvalue weighted by molar-refractivity contribution is 0.0945. The number of aryl methyl sites for hydroxylation is 1. The number of aliphatic hydroxyl groups is 1. The van der Waals surface area contributed by atoms with E-state index in [0.29, 0.717) is 19.5 Å². The van der Waals surface area contributed by atoms with E-state index in [1.165, 1.54) is 0 Å². The first-order valence-corrected chi connectivity index (χ1v) is 6.48. The maximum Gasteiger partial charge on any atom is 0.273 e. The van der Waals surface area contributed by atoms with Crippen LogP contribution in [-0.4, -0.2) is 37.6 Å². The Balaban J connectivity index is 1.83. The van der Waals surface area contributed by atoms with E-state index in [-0.39, 0.29) is 18.2 Å².